The van der Waals surface area contributed by atoms with Crippen molar-refractivity contribution in [3.8, 4) is 0 Å². The van der Waals surface area contributed by atoms with Crippen LogP contribution in [0.3, 0.4) is 0 Å². The van der Waals surface area contributed by atoms with Crippen molar-refractivity contribution in [2.45, 2.75) is 6.92 Å². The average Bonchev–Trinajstić information content (AvgIpc) is 1.98. The summed E-state index contributed by atoms with van der Waals surface area (Å²) >= 11 is 0. The van der Waals surface area contributed by atoms with E-state index in [9.17, 15) is 18.9 Å². The zero-order valence-corrected chi connectivity index (χ0v) is 9.61. The molecule has 0 aromatic rings. The Kier molecular flexibility index (Phi) is 5.87. The molecule has 0 fully saturated rings. The predicted octanol–water partition coefficient (Wildman–Crippen LogP) is -1.54. The molecular formula is C5H11NO7P2-2. The predicted molar refractivity (Wildman–Crippen MR) is 47.4 cm³/mol. The van der Waals surface area contributed by atoms with Crippen LogP contribution in [0.2, 0.25) is 0 Å². The smallest absolute Gasteiger partial charge is 0.271 e. The van der Waals surface area contributed by atoms with Crippen LogP contribution in [0.15, 0.2) is 11.6 Å². The summed E-state index contributed by atoms with van der Waals surface area (Å²) in [7, 11) is -10.1. The molecule has 10 heteroatoms. The Morgan fingerprint density at radius 3 is 2.47 bits per heavy atom. The van der Waals surface area contributed by atoms with Crippen LogP contribution in [0.4, 0.5) is 0 Å². The van der Waals surface area contributed by atoms with Gasteiger partial charge in [-0.1, -0.05) is 11.6 Å². The lowest BCUT2D eigenvalue weighted by molar-refractivity contribution is -0.228. The van der Waals surface area contributed by atoms with Gasteiger partial charge in [-0.15, -0.1) is 0 Å². The maximum Gasteiger partial charge on any atom is 0.271 e. The highest BCUT2D eigenvalue weighted by molar-refractivity contribution is 7.60. The van der Waals surface area contributed by atoms with Gasteiger partial charge in [0.15, 0.2) is 0 Å². The number of aliphatic hydroxyl groups excluding tert-OH is 1. The van der Waals surface area contributed by atoms with Crippen molar-refractivity contribution in [3.63, 3.8) is 0 Å². The average molecular weight is 259 g/mol. The summed E-state index contributed by atoms with van der Waals surface area (Å²) in [5, 5.41) is 10.3. The van der Waals surface area contributed by atoms with Crippen LogP contribution in [-0.2, 0) is 13.4 Å². The monoisotopic (exact) mass is 259 g/mol. The van der Waals surface area contributed by atoms with Gasteiger partial charge in [0.05, 0.1) is 6.61 Å². The van der Waals surface area contributed by atoms with Gasteiger partial charge in [0.25, 0.3) is 7.82 Å². The van der Waals surface area contributed by atoms with Gasteiger partial charge in [-0.05, 0) is 6.92 Å². The molecule has 0 heterocycles. The quantitative estimate of drug-likeness (QED) is 0.384. The normalized spacial score (nSPS) is 20.7. The summed E-state index contributed by atoms with van der Waals surface area (Å²) in [5.41, 5.74) is 0.497. The van der Waals surface area contributed by atoms with E-state index in [4.69, 9.17) is 10.00 Å². The van der Waals surface area contributed by atoms with E-state index in [0.29, 0.717) is 5.57 Å². The molecule has 0 aromatic heterocycles. The van der Waals surface area contributed by atoms with Crippen molar-refractivity contribution in [3.05, 3.63) is 11.6 Å². The molecule has 0 spiro atoms. The van der Waals surface area contributed by atoms with Gasteiger partial charge in [-0.25, -0.2) is 0 Å². The minimum absolute atomic E-state index is 0.243. The molecule has 2 atom stereocenters. The van der Waals surface area contributed by atoms with E-state index in [1.54, 1.807) is 12.0 Å². The summed E-state index contributed by atoms with van der Waals surface area (Å²) in [5.74, 6) is 0. The van der Waals surface area contributed by atoms with E-state index in [2.05, 4.69) is 4.31 Å². The maximum atomic E-state index is 10.8. The van der Waals surface area contributed by atoms with Crippen molar-refractivity contribution in [2.75, 3.05) is 13.2 Å². The van der Waals surface area contributed by atoms with E-state index in [-0.39, 0.29) is 13.2 Å². The first-order valence-electron chi connectivity index (χ1n) is 3.74. The Hall–Kier alpha value is -0.0400. The third kappa shape index (κ3) is 8.92. The van der Waals surface area contributed by atoms with E-state index in [0.717, 1.165) is 0 Å². The first-order chi connectivity index (χ1) is 6.66. The van der Waals surface area contributed by atoms with Gasteiger partial charge in [0, 0.05) is 6.54 Å². The van der Waals surface area contributed by atoms with Gasteiger partial charge >= 0.3 is 0 Å². The lowest BCUT2D eigenvalue weighted by Gasteiger charge is -2.28. The van der Waals surface area contributed by atoms with Crippen LogP contribution in [-0.4, -0.2) is 23.2 Å². The fraction of sp³-hybridized carbons (Fsp3) is 0.600. The number of rotatable bonds is 6. The maximum absolute atomic E-state index is 10.8. The molecule has 0 amide bonds. The highest BCUT2D eigenvalue weighted by atomic mass is 31.3. The topological polar surface area (TPSA) is 142 Å². The van der Waals surface area contributed by atoms with E-state index < -0.39 is 15.6 Å². The Morgan fingerprint density at radius 2 is 2.07 bits per heavy atom. The van der Waals surface area contributed by atoms with E-state index in [1.165, 1.54) is 6.08 Å². The molecule has 0 aliphatic rings. The molecule has 0 saturated carbocycles. The molecule has 0 aliphatic heterocycles. The van der Waals surface area contributed by atoms with Gasteiger partial charge in [0.2, 0.25) is 7.75 Å². The second kappa shape index (κ2) is 5.89. The van der Waals surface area contributed by atoms with Crippen molar-refractivity contribution >= 4 is 15.6 Å². The number of aliphatic hydroxyl groups is 1. The second-order valence-corrected chi connectivity index (χ2v) is 5.52. The summed E-state index contributed by atoms with van der Waals surface area (Å²) < 4.78 is 24.3. The minimum atomic E-state index is -5.32. The van der Waals surface area contributed by atoms with Crippen LogP contribution in [0.1, 0.15) is 6.92 Å². The highest BCUT2D eigenvalue weighted by Gasteiger charge is 2.13. The zero-order valence-electron chi connectivity index (χ0n) is 7.82. The molecule has 0 bridgehead atoms. The standard InChI is InChI=1S/C5H13NO7P2/c1-5(4-7)2-3-6-14(8,9)13-15(10,11)12/h2,7H,3-4H2,1H3,(H2,6,8,9)(H2,10,11,12)/p-2/b5-2+. The molecule has 3 N–H and O–H groups in total. The van der Waals surface area contributed by atoms with Gasteiger partial charge in [-0.3, -0.25) is 18.5 Å². The van der Waals surface area contributed by atoms with Crippen molar-refractivity contribution in [1.29, 1.82) is 0 Å². The number of hydrogen-bond donors (Lipinski definition) is 3. The Bertz CT molecular complexity index is 321. The molecule has 0 rings (SSSR count). The molecule has 0 saturated heterocycles. The second-order valence-electron chi connectivity index (χ2n) is 2.62. The Labute approximate surface area is 86.4 Å². The third-order valence-electron chi connectivity index (χ3n) is 1.20. The Morgan fingerprint density at radius 1 is 1.53 bits per heavy atom. The summed E-state index contributed by atoms with van der Waals surface area (Å²) in [6.45, 7) is 1.06. The van der Waals surface area contributed by atoms with E-state index >= 15 is 0 Å². The molecule has 0 aromatic carbocycles. The number of phosphoric acid groups is 1. The number of nitrogens with one attached hydrogen (secondary N) is 1. The van der Waals surface area contributed by atoms with Crippen molar-refractivity contribution in [2.24, 2.45) is 0 Å². The van der Waals surface area contributed by atoms with E-state index in [1.807, 2.05) is 0 Å². The molecule has 0 aliphatic carbocycles. The van der Waals surface area contributed by atoms with Crippen molar-refractivity contribution < 1.29 is 33.2 Å². The van der Waals surface area contributed by atoms with Gasteiger partial charge in [-0.2, -0.15) is 0 Å². The summed E-state index contributed by atoms with van der Waals surface area (Å²) in [6.07, 6.45) is 1.32. The molecule has 90 valence electrons. The van der Waals surface area contributed by atoms with Crippen LogP contribution in [0, 0.1) is 0 Å². The fourth-order valence-electron chi connectivity index (χ4n) is 0.561. The number of hydrogen-bond acceptors (Lipinski definition) is 6. The Balaban J connectivity index is 4.18. The molecule has 8 nitrogen and oxygen atoms in total. The zero-order chi connectivity index (χ0) is 12.1. The first kappa shape index (κ1) is 15.0. The minimum Gasteiger partial charge on any atom is -0.766 e. The lowest BCUT2D eigenvalue weighted by atomic mass is 10.3. The molecule has 15 heavy (non-hydrogen) atoms. The van der Waals surface area contributed by atoms with Crippen LogP contribution in [0.25, 0.3) is 0 Å². The molecule has 0 radical (unpaired) electrons. The third-order valence-corrected chi connectivity index (χ3v) is 3.45. The molecular weight excluding hydrogens is 248 g/mol. The van der Waals surface area contributed by atoms with Gasteiger partial charge in [0.1, 0.15) is 0 Å². The largest absolute Gasteiger partial charge is 0.766 e. The van der Waals surface area contributed by atoms with Crippen LogP contribution >= 0.6 is 15.6 Å². The van der Waals surface area contributed by atoms with Crippen LogP contribution < -0.4 is 14.9 Å². The van der Waals surface area contributed by atoms with Crippen molar-refractivity contribution in [1.82, 2.24) is 5.09 Å². The van der Waals surface area contributed by atoms with Crippen LogP contribution in [0.5, 0.6) is 0 Å². The summed E-state index contributed by atoms with van der Waals surface area (Å²) in [4.78, 5) is 29.0. The first-order valence-corrected chi connectivity index (χ1v) is 6.78. The lowest BCUT2D eigenvalue weighted by Crippen LogP contribution is -2.22. The molecule has 2 unspecified atom stereocenters. The fourth-order valence-corrected chi connectivity index (χ4v) is 2.19. The van der Waals surface area contributed by atoms with Gasteiger partial charge < -0.3 is 19.8 Å². The SMILES string of the molecule is C/C(=C\CNP(=O)([O-])OP(=O)([O-])O)CO. The highest BCUT2D eigenvalue weighted by Crippen LogP contribution is 2.48. The summed E-state index contributed by atoms with van der Waals surface area (Å²) in [6, 6.07) is 0.